The molecule has 1 radical (unpaired) electrons. The molecule has 0 spiro atoms. The van der Waals surface area contributed by atoms with Gasteiger partial charge in [0.15, 0.2) is 0 Å². The minimum Gasteiger partial charge on any atom is -0.478 e. The van der Waals surface area contributed by atoms with Crippen molar-refractivity contribution in [3.05, 3.63) is 34.3 Å². The zero-order chi connectivity index (χ0) is 10.0. The largest absolute Gasteiger partial charge is 0.478 e. The van der Waals surface area contributed by atoms with Gasteiger partial charge < -0.3 is 5.11 Å². The molecule has 0 fully saturated rings. The number of aromatic carboxylic acids is 1. The van der Waals surface area contributed by atoms with Crippen molar-refractivity contribution in [2.45, 2.75) is 19.8 Å². The van der Waals surface area contributed by atoms with E-state index in [9.17, 15) is 4.79 Å². The molecule has 0 aromatic heterocycles. The number of hydrogen-bond acceptors (Lipinski definition) is 1. The summed E-state index contributed by atoms with van der Waals surface area (Å²) in [5.41, 5.74) is 1.21. The number of benzene rings is 1. The molecular weight excluding hydrogens is 227 g/mol. The van der Waals surface area contributed by atoms with Gasteiger partial charge in [-0.05, 0) is 23.6 Å². The fourth-order valence-corrected chi connectivity index (χ4v) is 1.33. The Labute approximate surface area is 131 Å². The van der Waals surface area contributed by atoms with Gasteiger partial charge in [0.2, 0.25) is 0 Å². The van der Waals surface area contributed by atoms with Gasteiger partial charge in [0.1, 0.15) is 0 Å². The van der Waals surface area contributed by atoms with Crippen molar-refractivity contribution in [1.29, 1.82) is 0 Å². The van der Waals surface area contributed by atoms with Gasteiger partial charge in [-0.15, -0.1) is 0 Å². The topological polar surface area (TPSA) is 37.3 Å². The van der Waals surface area contributed by atoms with Crippen molar-refractivity contribution in [2.75, 3.05) is 0 Å². The van der Waals surface area contributed by atoms with E-state index in [-0.39, 0.29) is 56.9 Å². The summed E-state index contributed by atoms with van der Waals surface area (Å²) in [6, 6.07) is 5.04. The molecule has 14 heavy (non-hydrogen) atoms. The second-order valence-corrected chi connectivity index (χ2v) is 3.61. The molecule has 0 saturated carbocycles. The molecule has 0 aliphatic heterocycles. The van der Waals surface area contributed by atoms with Crippen LogP contribution in [0.3, 0.4) is 0 Å². The van der Waals surface area contributed by atoms with Crippen LogP contribution >= 0.6 is 11.6 Å². The first-order chi connectivity index (χ1) is 6.02. The van der Waals surface area contributed by atoms with Crippen LogP contribution in [0.2, 0.25) is 5.02 Å². The summed E-state index contributed by atoms with van der Waals surface area (Å²) in [7, 11) is 0. The third kappa shape index (κ3) is 3.64. The monoisotopic (exact) mass is 237 g/mol. The summed E-state index contributed by atoms with van der Waals surface area (Å²) in [6.45, 7) is 4.07. The van der Waals surface area contributed by atoms with Gasteiger partial charge in [-0.2, -0.15) is 0 Å². The molecule has 71 valence electrons. The molecular formula is C10H11ClKO2. The first kappa shape index (κ1) is 14.6. The van der Waals surface area contributed by atoms with Crippen molar-refractivity contribution < 1.29 is 9.90 Å². The average molecular weight is 238 g/mol. The Morgan fingerprint density at radius 2 is 2.00 bits per heavy atom. The number of rotatable bonds is 2. The summed E-state index contributed by atoms with van der Waals surface area (Å²) >= 11 is 5.79. The van der Waals surface area contributed by atoms with E-state index in [1.165, 1.54) is 0 Å². The predicted molar refractivity (Wildman–Crippen MR) is 58.3 cm³/mol. The van der Waals surface area contributed by atoms with Gasteiger partial charge in [-0.3, -0.25) is 0 Å². The normalized spacial score (nSPS) is 9.71. The third-order valence-electron chi connectivity index (χ3n) is 1.89. The fraction of sp³-hybridized carbons (Fsp3) is 0.300. The molecule has 0 aliphatic rings. The fourth-order valence-electron chi connectivity index (χ4n) is 1.06. The Morgan fingerprint density at radius 1 is 1.43 bits per heavy atom. The van der Waals surface area contributed by atoms with Crippen LogP contribution < -0.4 is 0 Å². The number of carboxylic acids is 1. The number of carbonyl (C=O) groups is 1. The Hall–Kier alpha value is 0.616. The molecule has 4 heteroatoms. The van der Waals surface area contributed by atoms with Gasteiger partial charge >= 0.3 is 5.97 Å². The molecule has 0 heterocycles. The minimum atomic E-state index is -0.986. The van der Waals surface area contributed by atoms with Crippen LogP contribution in [0.4, 0.5) is 0 Å². The van der Waals surface area contributed by atoms with Gasteiger partial charge in [0, 0.05) is 51.4 Å². The summed E-state index contributed by atoms with van der Waals surface area (Å²) in [6.07, 6.45) is 0. The number of hydrogen-bond donors (Lipinski definition) is 1. The molecule has 0 bridgehead atoms. The SMILES string of the molecule is CC(C)c1ccc(C(=O)O)c(Cl)c1.[K]. The van der Waals surface area contributed by atoms with E-state index in [4.69, 9.17) is 16.7 Å². The van der Waals surface area contributed by atoms with Crippen molar-refractivity contribution >= 4 is 69.0 Å². The Morgan fingerprint density at radius 3 is 2.36 bits per heavy atom. The maximum Gasteiger partial charge on any atom is 0.337 e. The maximum atomic E-state index is 10.6. The van der Waals surface area contributed by atoms with E-state index in [0.29, 0.717) is 10.9 Å². The van der Waals surface area contributed by atoms with Crippen LogP contribution in [-0.4, -0.2) is 62.5 Å². The molecule has 0 atom stereocenters. The quantitative estimate of drug-likeness (QED) is 0.804. The van der Waals surface area contributed by atoms with Crippen LogP contribution in [0.1, 0.15) is 35.7 Å². The molecule has 1 aromatic carbocycles. The molecule has 1 aromatic rings. The first-order valence-corrected chi connectivity index (χ1v) is 4.43. The van der Waals surface area contributed by atoms with Crippen LogP contribution in [0, 0.1) is 0 Å². The van der Waals surface area contributed by atoms with Gasteiger partial charge in [0.05, 0.1) is 10.6 Å². The van der Waals surface area contributed by atoms with E-state index in [1.54, 1.807) is 18.2 Å². The predicted octanol–water partition coefficient (Wildman–Crippen LogP) is 2.78. The number of carboxylic acid groups (broad SMARTS) is 1. The molecule has 0 aliphatic carbocycles. The van der Waals surface area contributed by atoms with Crippen LogP contribution in [0.5, 0.6) is 0 Å². The Bertz CT molecular complexity index is 337. The van der Waals surface area contributed by atoms with Crippen LogP contribution in [0.25, 0.3) is 0 Å². The van der Waals surface area contributed by atoms with E-state index in [2.05, 4.69) is 0 Å². The van der Waals surface area contributed by atoms with Crippen molar-refractivity contribution in [3.8, 4) is 0 Å². The van der Waals surface area contributed by atoms with E-state index in [1.807, 2.05) is 13.8 Å². The van der Waals surface area contributed by atoms with Crippen molar-refractivity contribution in [2.24, 2.45) is 0 Å². The summed E-state index contributed by atoms with van der Waals surface area (Å²) in [5, 5.41) is 9.02. The zero-order valence-electron chi connectivity index (χ0n) is 8.54. The molecule has 0 amide bonds. The summed E-state index contributed by atoms with van der Waals surface area (Å²) < 4.78 is 0. The van der Waals surface area contributed by atoms with Crippen molar-refractivity contribution in [1.82, 2.24) is 0 Å². The summed E-state index contributed by atoms with van der Waals surface area (Å²) in [5.74, 6) is -0.624. The van der Waals surface area contributed by atoms with Gasteiger partial charge in [-0.25, -0.2) is 4.79 Å². The van der Waals surface area contributed by atoms with Gasteiger partial charge in [-0.1, -0.05) is 31.5 Å². The Balaban J connectivity index is 0.00000169. The summed E-state index contributed by atoms with van der Waals surface area (Å²) in [4.78, 5) is 10.6. The van der Waals surface area contributed by atoms with Crippen LogP contribution in [-0.2, 0) is 0 Å². The van der Waals surface area contributed by atoms with E-state index >= 15 is 0 Å². The molecule has 1 N–H and O–H groups in total. The zero-order valence-corrected chi connectivity index (χ0v) is 12.4. The van der Waals surface area contributed by atoms with Gasteiger partial charge in [0.25, 0.3) is 0 Å². The second-order valence-electron chi connectivity index (χ2n) is 3.20. The minimum absolute atomic E-state index is 0. The second kappa shape index (κ2) is 6.25. The first-order valence-electron chi connectivity index (χ1n) is 4.05. The standard InChI is InChI=1S/C10H11ClO2.K/c1-6(2)7-3-4-8(10(12)13)9(11)5-7;/h3-6H,1-2H3,(H,12,13);. The molecule has 1 rings (SSSR count). The molecule has 0 saturated heterocycles. The average Bonchev–Trinajstić information content (AvgIpc) is 2.03. The molecule has 0 unspecified atom stereocenters. The van der Waals surface area contributed by atoms with E-state index in [0.717, 1.165) is 5.56 Å². The number of halogens is 1. The maximum absolute atomic E-state index is 10.6. The van der Waals surface area contributed by atoms with Crippen molar-refractivity contribution in [3.63, 3.8) is 0 Å². The third-order valence-corrected chi connectivity index (χ3v) is 2.20. The smallest absolute Gasteiger partial charge is 0.337 e. The molecule has 2 nitrogen and oxygen atoms in total. The van der Waals surface area contributed by atoms with Crippen LogP contribution in [0.15, 0.2) is 18.2 Å². The Kier molecular flexibility index (Phi) is 6.53. The van der Waals surface area contributed by atoms with E-state index < -0.39 is 5.97 Å².